The van der Waals surface area contributed by atoms with Crippen LogP contribution in [0.15, 0.2) is 23.5 Å². The van der Waals surface area contributed by atoms with E-state index in [1.54, 1.807) is 0 Å². The van der Waals surface area contributed by atoms with Gasteiger partial charge in [0.25, 0.3) is 16.4 Å². The monoisotopic (exact) mass is 303 g/mol. The van der Waals surface area contributed by atoms with Crippen molar-refractivity contribution in [2.75, 3.05) is 0 Å². The third kappa shape index (κ3) is 2.20. The van der Waals surface area contributed by atoms with Gasteiger partial charge in [0, 0.05) is 31.0 Å². The maximum atomic E-state index is 12.3. The zero-order chi connectivity index (χ0) is 14.3. The average molecular weight is 303 g/mol. The fraction of sp³-hybridized carbons (Fsp3) is 0.400. The smallest absolute Gasteiger partial charge is 0.286 e. The molecule has 0 unspecified atom stereocenters. The Balaban J connectivity index is 1.92. The molecule has 0 saturated heterocycles. The lowest BCUT2D eigenvalue weighted by molar-refractivity contribution is 0.121. The van der Waals surface area contributed by atoms with Gasteiger partial charge in [0.1, 0.15) is 11.4 Å². The molecule has 3 rings (SSSR count). The SMILES string of the molecule is O=S(=O)(c1cnn(CC(F)F)c1)n1cc2c(n1)CNC2. The van der Waals surface area contributed by atoms with Gasteiger partial charge in [0.2, 0.25) is 0 Å². The van der Waals surface area contributed by atoms with Crippen LogP contribution in [0.3, 0.4) is 0 Å². The predicted octanol–water partition coefficient (Wildman–Crippen LogP) is 0.185. The highest BCUT2D eigenvalue weighted by Gasteiger charge is 2.24. The lowest BCUT2D eigenvalue weighted by Crippen LogP contribution is -2.15. The van der Waals surface area contributed by atoms with Crippen molar-refractivity contribution in [3.8, 4) is 0 Å². The fourth-order valence-electron chi connectivity index (χ4n) is 1.98. The van der Waals surface area contributed by atoms with Crippen LogP contribution in [0.1, 0.15) is 11.3 Å². The van der Waals surface area contributed by atoms with E-state index < -0.39 is 23.0 Å². The molecule has 0 spiro atoms. The summed E-state index contributed by atoms with van der Waals surface area (Å²) in [6, 6.07) is 0. The number of rotatable bonds is 4. The predicted molar refractivity (Wildman–Crippen MR) is 63.6 cm³/mol. The third-order valence-electron chi connectivity index (χ3n) is 2.94. The molecule has 0 atom stereocenters. The standard InChI is InChI=1S/C10H11F2N5O2S/c11-10(12)6-16-5-8(2-14-16)20(18,19)17-4-7-1-13-3-9(7)15-17/h2,4-5,10,13H,1,3,6H2. The van der Waals surface area contributed by atoms with Crippen molar-refractivity contribution in [3.63, 3.8) is 0 Å². The molecule has 2 aromatic rings. The number of halogens is 2. The van der Waals surface area contributed by atoms with E-state index in [0.717, 1.165) is 26.7 Å². The molecule has 1 aliphatic rings. The molecule has 108 valence electrons. The largest absolute Gasteiger partial charge is 0.307 e. The molecule has 7 nitrogen and oxygen atoms in total. The third-order valence-corrected chi connectivity index (χ3v) is 4.43. The maximum absolute atomic E-state index is 12.3. The van der Waals surface area contributed by atoms with E-state index in [2.05, 4.69) is 15.5 Å². The summed E-state index contributed by atoms with van der Waals surface area (Å²) in [5.74, 6) is 0. The molecule has 0 aliphatic carbocycles. The minimum Gasteiger partial charge on any atom is -0.307 e. The molecular weight excluding hydrogens is 292 g/mol. The lowest BCUT2D eigenvalue weighted by atomic mass is 10.3. The van der Waals surface area contributed by atoms with E-state index in [4.69, 9.17) is 0 Å². The first-order chi connectivity index (χ1) is 9.46. The Morgan fingerprint density at radius 1 is 1.35 bits per heavy atom. The minimum absolute atomic E-state index is 0.160. The molecule has 0 aromatic carbocycles. The second-order valence-corrected chi connectivity index (χ2v) is 6.17. The minimum atomic E-state index is -3.88. The first kappa shape index (κ1) is 13.2. The van der Waals surface area contributed by atoms with Gasteiger partial charge >= 0.3 is 0 Å². The highest BCUT2D eigenvalue weighted by Crippen LogP contribution is 2.18. The van der Waals surface area contributed by atoms with Gasteiger partial charge in [-0.25, -0.2) is 8.78 Å². The molecule has 3 heterocycles. The molecule has 2 aromatic heterocycles. The lowest BCUT2D eigenvalue weighted by Gasteiger charge is -2.02. The Bertz CT molecular complexity index is 715. The molecule has 0 radical (unpaired) electrons. The van der Waals surface area contributed by atoms with Gasteiger partial charge in [-0.05, 0) is 0 Å². The molecular formula is C10H11F2N5O2S. The fourth-order valence-corrected chi connectivity index (χ4v) is 3.11. The number of hydrogen-bond acceptors (Lipinski definition) is 5. The van der Waals surface area contributed by atoms with E-state index in [9.17, 15) is 17.2 Å². The summed E-state index contributed by atoms with van der Waals surface area (Å²) in [6.45, 7) is 0.438. The summed E-state index contributed by atoms with van der Waals surface area (Å²) in [5, 5.41) is 10.6. The van der Waals surface area contributed by atoms with Crippen LogP contribution in [0.4, 0.5) is 8.78 Å². The van der Waals surface area contributed by atoms with Crippen LogP contribution in [-0.2, 0) is 29.7 Å². The summed E-state index contributed by atoms with van der Waals surface area (Å²) in [7, 11) is -3.88. The van der Waals surface area contributed by atoms with E-state index in [-0.39, 0.29) is 4.90 Å². The Hall–Kier alpha value is -1.81. The van der Waals surface area contributed by atoms with E-state index >= 15 is 0 Å². The molecule has 10 heteroatoms. The summed E-state index contributed by atoms with van der Waals surface area (Å²) in [4.78, 5) is -0.160. The first-order valence-corrected chi connectivity index (χ1v) is 7.25. The van der Waals surface area contributed by atoms with Crippen LogP contribution >= 0.6 is 0 Å². The van der Waals surface area contributed by atoms with Crippen LogP contribution < -0.4 is 5.32 Å². The van der Waals surface area contributed by atoms with Crippen molar-refractivity contribution >= 4 is 10.0 Å². The molecule has 0 amide bonds. The Morgan fingerprint density at radius 3 is 2.85 bits per heavy atom. The quantitative estimate of drug-likeness (QED) is 0.871. The van der Waals surface area contributed by atoms with E-state index in [1.807, 2.05) is 0 Å². The number of alkyl halides is 2. The van der Waals surface area contributed by atoms with Crippen molar-refractivity contribution in [1.82, 2.24) is 24.3 Å². The van der Waals surface area contributed by atoms with E-state index in [1.165, 1.54) is 6.20 Å². The highest BCUT2D eigenvalue weighted by molar-refractivity contribution is 7.89. The molecule has 1 aliphatic heterocycles. The summed E-state index contributed by atoms with van der Waals surface area (Å²) in [5.41, 5.74) is 1.49. The summed E-state index contributed by atoms with van der Waals surface area (Å²) < 4.78 is 50.8. The van der Waals surface area contributed by atoms with Crippen LogP contribution in [0.2, 0.25) is 0 Å². The number of nitrogens with one attached hydrogen (secondary N) is 1. The van der Waals surface area contributed by atoms with Crippen molar-refractivity contribution in [3.05, 3.63) is 29.8 Å². The van der Waals surface area contributed by atoms with Crippen LogP contribution in [-0.4, -0.2) is 33.8 Å². The number of fused-ring (bicyclic) bond motifs is 1. The molecule has 0 bridgehead atoms. The van der Waals surface area contributed by atoms with Crippen molar-refractivity contribution in [2.24, 2.45) is 0 Å². The highest BCUT2D eigenvalue weighted by atomic mass is 32.2. The summed E-state index contributed by atoms with van der Waals surface area (Å²) >= 11 is 0. The van der Waals surface area contributed by atoms with Crippen molar-refractivity contribution < 1.29 is 17.2 Å². The van der Waals surface area contributed by atoms with Crippen LogP contribution in [0, 0.1) is 0 Å². The average Bonchev–Trinajstić information content (AvgIpc) is 3.00. The van der Waals surface area contributed by atoms with Crippen molar-refractivity contribution in [1.29, 1.82) is 0 Å². The topological polar surface area (TPSA) is 81.8 Å². The number of nitrogens with zero attached hydrogens (tertiary/aromatic N) is 4. The second-order valence-electron chi connectivity index (χ2n) is 4.37. The molecule has 0 saturated carbocycles. The van der Waals surface area contributed by atoms with Gasteiger partial charge in [-0.15, -0.1) is 0 Å². The van der Waals surface area contributed by atoms with Gasteiger partial charge in [-0.2, -0.15) is 22.7 Å². The van der Waals surface area contributed by atoms with Gasteiger partial charge < -0.3 is 5.32 Å². The molecule has 1 N–H and O–H groups in total. The van der Waals surface area contributed by atoms with Gasteiger partial charge in [0.15, 0.2) is 0 Å². The Kier molecular flexibility index (Phi) is 3.05. The zero-order valence-electron chi connectivity index (χ0n) is 10.2. The Morgan fingerprint density at radius 2 is 2.15 bits per heavy atom. The van der Waals surface area contributed by atoms with Gasteiger partial charge in [-0.1, -0.05) is 0 Å². The Labute approximate surface area is 113 Å². The van der Waals surface area contributed by atoms with Gasteiger partial charge in [-0.3, -0.25) is 4.68 Å². The normalized spacial score (nSPS) is 14.9. The zero-order valence-corrected chi connectivity index (χ0v) is 11.0. The van der Waals surface area contributed by atoms with Crippen LogP contribution in [0.25, 0.3) is 0 Å². The van der Waals surface area contributed by atoms with Gasteiger partial charge in [0.05, 0.1) is 11.9 Å². The number of hydrogen-bond donors (Lipinski definition) is 1. The van der Waals surface area contributed by atoms with E-state index in [0.29, 0.717) is 18.8 Å². The summed E-state index contributed by atoms with van der Waals surface area (Å²) in [6.07, 6.45) is 0.953. The molecule has 0 fully saturated rings. The van der Waals surface area contributed by atoms with Crippen molar-refractivity contribution in [2.45, 2.75) is 31.0 Å². The number of aromatic nitrogens is 4. The second kappa shape index (κ2) is 4.63. The van der Waals surface area contributed by atoms with Crippen LogP contribution in [0.5, 0.6) is 0 Å². The first-order valence-electron chi connectivity index (χ1n) is 5.81. The molecule has 20 heavy (non-hydrogen) atoms. The maximum Gasteiger partial charge on any atom is 0.286 e.